The molecule has 0 amide bonds. The van der Waals surface area contributed by atoms with Gasteiger partial charge in [0.1, 0.15) is 0 Å². The molecule has 1 fully saturated rings. The third-order valence-corrected chi connectivity index (χ3v) is 5.86. The van der Waals surface area contributed by atoms with Crippen LogP contribution in [0.25, 0.3) is 0 Å². The molecule has 0 unspecified atom stereocenters. The molecule has 1 heteroatoms. The Morgan fingerprint density at radius 2 is 1.33 bits per heavy atom. The van der Waals surface area contributed by atoms with Crippen molar-refractivity contribution in [2.75, 3.05) is 0 Å². The van der Waals surface area contributed by atoms with E-state index in [1.807, 2.05) is 12.1 Å². The minimum Gasteiger partial charge on any atom is -0.0843 e. The number of benzene rings is 2. The van der Waals surface area contributed by atoms with Gasteiger partial charge < -0.3 is 0 Å². The minimum absolute atomic E-state index is 0.795. The highest BCUT2D eigenvalue weighted by molar-refractivity contribution is 6.30. The summed E-state index contributed by atoms with van der Waals surface area (Å²) in [7, 11) is 0. The van der Waals surface area contributed by atoms with Gasteiger partial charge in [0.25, 0.3) is 0 Å². The van der Waals surface area contributed by atoms with E-state index >= 15 is 0 Å². The summed E-state index contributed by atoms with van der Waals surface area (Å²) in [4.78, 5) is 0. The number of hydrogen-bond acceptors (Lipinski definition) is 0. The van der Waals surface area contributed by atoms with Crippen molar-refractivity contribution in [3.05, 3.63) is 70.2 Å². The van der Waals surface area contributed by atoms with Crippen molar-refractivity contribution in [3.63, 3.8) is 0 Å². The van der Waals surface area contributed by atoms with Crippen LogP contribution in [0.4, 0.5) is 0 Å². The van der Waals surface area contributed by atoms with Gasteiger partial charge in [0.2, 0.25) is 0 Å². The van der Waals surface area contributed by atoms with E-state index in [4.69, 9.17) is 11.6 Å². The van der Waals surface area contributed by atoms with E-state index in [1.165, 1.54) is 49.7 Å². The average molecular weight is 341 g/mol. The average Bonchev–Trinajstić information content (AvgIpc) is 2.63. The van der Waals surface area contributed by atoms with E-state index in [1.54, 1.807) is 5.56 Å². The summed E-state index contributed by atoms with van der Waals surface area (Å²) in [6.07, 6.45) is 10.6. The van der Waals surface area contributed by atoms with E-state index in [2.05, 4.69) is 43.3 Å². The smallest absolute Gasteiger partial charge is 0.0406 e. The largest absolute Gasteiger partial charge is 0.0843 e. The van der Waals surface area contributed by atoms with Gasteiger partial charge in [0.05, 0.1) is 0 Å². The van der Waals surface area contributed by atoms with Gasteiger partial charge in [-0.2, -0.15) is 0 Å². The Labute approximate surface area is 152 Å². The number of halogens is 1. The highest BCUT2D eigenvalue weighted by Crippen LogP contribution is 2.37. The standard InChI is InChI=1S/C23H29Cl/c1-2-3-18-6-12-21(13-7-18)22-14-8-19(9-15-22)4-5-20-10-16-23(24)17-11-20/h8-11,14-18,21H,2-7,12-13H2,1H3. The van der Waals surface area contributed by atoms with Crippen LogP contribution in [0.1, 0.15) is 68.1 Å². The van der Waals surface area contributed by atoms with E-state index in [-0.39, 0.29) is 0 Å². The van der Waals surface area contributed by atoms with E-state index < -0.39 is 0 Å². The van der Waals surface area contributed by atoms with Gasteiger partial charge in [-0.1, -0.05) is 67.8 Å². The Bertz CT molecular complexity index is 603. The summed E-state index contributed by atoms with van der Waals surface area (Å²) < 4.78 is 0. The molecule has 1 aliphatic rings. The van der Waals surface area contributed by atoms with Gasteiger partial charge in [-0.15, -0.1) is 0 Å². The highest BCUT2D eigenvalue weighted by atomic mass is 35.5. The second-order valence-electron chi connectivity index (χ2n) is 7.37. The molecule has 2 aromatic rings. The fourth-order valence-corrected chi connectivity index (χ4v) is 4.21. The zero-order valence-electron chi connectivity index (χ0n) is 14.8. The summed E-state index contributed by atoms with van der Waals surface area (Å²) in [6, 6.07) is 17.7. The van der Waals surface area contributed by atoms with Crippen molar-refractivity contribution in [1.82, 2.24) is 0 Å². The summed E-state index contributed by atoms with van der Waals surface area (Å²) in [5.41, 5.74) is 4.35. The van der Waals surface area contributed by atoms with Crippen LogP contribution in [-0.2, 0) is 12.8 Å². The van der Waals surface area contributed by atoms with Crippen LogP contribution in [0.3, 0.4) is 0 Å². The fourth-order valence-electron chi connectivity index (χ4n) is 4.09. The fraction of sp³-hybridized carbons (Fsp3) is 0.478. The van der Waals surface area contributed by atoms with Crippen LogP contribution >= 0.6 is 11.6 Å². The lowest BCUT2D eigenvalue weighted by atomic mass is 9.77. The first-order chi connectivity index (χ1) is 11.7. The molecule has 0 aliphatic heterocycles. The maximum Gasteiger partial charge on any atom is 0.0406 e. The van der Waals surface area contributed by atoms with Crippen LogP contribution < -0.4 is 0 Å². The third-order valence-electron chi connectivity index (χ3n) is 5.61. The Morgan fingerprint density at radius 1 is 0.792 bits per heavy atom. The Balaban J connectivity index is 1.51. The van der Waals surface area contributed by atoms with E-state index in [9.17, 15) is 0 Å². The monoisotopic (exact) mass is 340 g/mol. The Kier molecular flexibility index (Phi) is 6.37. The van der Waals surface area contributed by atoms with E-state index in [0.717, 1.165) is 29.7 Å². The van der Waals surface area contributed by atoms with Crippen molar-refractivity contribution in [2.24, 2.45) is 5.92 Å². The predicted molar refractivity (Wildman–Crippen MR) is 105 cm³/mol. The summed E-state index contributed by atoms with van der Waals surface area (Å²) in [5.74, 6) is 1.79. The first-order valence-electron chi connectivity index (χ1n) is 9.58. The van der Waals surface area contributed by atoms with Crippen LogP contribution in [-0.4, -0.2) is 0 Å². The Hall–Kier alpha value is -1.27. The lowest BCUT2D eigenvalue weighted by Crippen LogP contribution is -2.13. The lowest BCUT2D eigenvalue weighted by molar-refractivity contribution is 0.308. The van der Waals surface area contributed by atoms with Crippen LogP contribution in [0, 0.1) is 5.92 Å². The van der Waals surface area contributed by atoms with Crippen LogP contribution in [0.5, 0.6) is 0 Å². The molecule has 1 aliphatic carbocycles. The van der Waals surface area contributed by atoms with Gasteiger partial charge in [0, 0.05) is 5.02 Å². The topological polar surface area (TPSA) is 0 Å². The molecule has 0 saturated heterocycles. The summed E-state index contributed by atoms with van der Waals surface area (Å²) in [5, 5.41) is 0.816. The maximum atomic E-state index is 5.95. The molecule has 0 atom stereocenters. The predicted octanol–water partition coefficient (Wildman–Crippen LogP) is 7.20. The maximum absolute atomic E-state index is 5.95. The third kappa shape index (κ3) is 4.86. The number of rotatable bonds is 6. The molecule has 1 saturated carbocycles. The normalized spacial score (nSPS) is 20.9. The van der Waals surface area contributed by atoms with Crippen molar-refractivity contribution in [2.45, 2.75) is 64.2 Å². The second-order valence-corrected chi connectivity index (χ2v) is 7.81. The van der Waals surface area contributed by atoms with Crippen molar-refractivity contribution >= 4 is 11.6 Å². The van der Waals surface area contributed by atoms with Crippen molar-refractivity contribution in [1.29, 1.82) is 0 Å². The molecule has 0 heterocycles. The molecule has 24 heavy (non-hydrogen) atoms. The molecule has 3 rings (SSSR count). The van der Waals surface area contributed by atoms with Crippen LogP contribution in [0.15, 0.2) is 48.5 Å². The van der Waals surface area contributed by atoms with Gasteiger partial charge >= 0.3 is 0 Å². The molecule has 0 spiro atoms. The lowest BCUT2D eigenvalue weighted by Gasteiger charge is -2.28. The molecule has 2 aromatic carbocycles. The minimum atomic E-state index is 0.795. The highest BCUT2D eigenvalue weighted by Gasteiger charge is 2.21. The first kappa shape index (κ1) is 17.5. The van der Waals surface area contributed by atoms with E-state index in [0.29, 0.717) is 0 Å². The van der Waals surface area contributed by atoms with Crippen LogP contribution in [0.2, 0.25) is 5.02 Å². The van der Waals surface area contributed by atoms with Gasteiger partial charge in [-0.25, -0.2) is 0 Å². The summed E-state index contributed by atoms with van der Waals surface area (Å²) >= 11 is 5.95. The molecular formula is C23H29Cl. The van der Waals surface area contributed by atoms with Gasteiger partial charge in [0.15, 0.2) is 0 Å². The number of hydrogen-bond donors (Lipinski definition) is 0. The molecule has 128 valence electrons. The molecule has 0 radical (unpaired) electrons. The van der Waals surface area contributed by atoms with Gasteiger partial charge in [-0.05, 0) is 79.2 Å². The molecule has 0 nitrogen and oxygen atoms in total. The zero-order valence-corrected chi connectivity index (χ0v) is 15.6. The molecule has 0 N–H and O–H groups in total. The SMILES string of the molecule is CCCC1CCC(c2ccc(CCc3ccc(Cl)cc3)cc2)CC1. The van der Waals surface area contributed by atoms with Crippen molar-refractivity contribution < 1.29 is 0 Å². The molecule has 0 bridgehead atoms. The zero-order chi connectivity index (χ0) is 16.8. The number of aryl methyl sites for hydroxylation is 2. The van der Waals surface area contributed by atoms with Gasteiger partial charge in [-0.3, -0.25) is 0 Å². The van der Waals surface area contributed by atoms with Crippen molar-refractivity contribution in [3.8, 4) is 0 Å². The first-order valence-corrected chi connectivity index (χ1v) is 9.95. The second kappa shape index (κ2) is 8.72. The molecule has 0 aromatic heterocycles. The Morgan fingerprint density at radius 3 is 1.88 bits per heavy atom. The quantitative estimate of drug-likeness (QED) is 0.521. The summed E-state index contributed by atoms with van der Waals surface area (Å²) in [6.45, 7) is 2.31. The molecular weight excluding hydrogens is 312 g/mol.